The third kappa shape index (κ3) is 5.17. The maximum absolute atomic E-state index is 14.2. The number of hydrogen-bond donors (Lipinski definition) is 0. The highest BCUT2D eigenvalue weighted by Gasteiger charge is 2.48. The average Bonchev–Trinajstić information content (AvgIpc) is 2.57. The number of Topliss-reactive ketones (excluding diaryl/α,β-unsaturated/α-hetero) is 2. The maximum atomic E-state index is 14.2. The van der Waals surface area contributed by atoms with E-state index in [4.69, 9.17) is 0 Å². The fourth-order valence-corrected chi connectivity index (χ4v) is 5.53. The molecule has 0 aromatic heterocycles. The van der Waals surface area contributed by atoms with Gasteiger partial charge >= 0.3 is 0 Å². The lowest BCUT2D eigenvalue weighted by atomic mass is 9.71. The van der Waals surface area contributed by atoms with Gasteiger partial charge in [0.15, 0.2) is 11.6 Å². The number of aryl methyl sites for hydroxylation is 6. The van der Waals surface area contributed by atoms with E-state index in [1.54, 1.807) is 0 Å². The van der Waals surface area contributed by atoms with Crippen molar-refractivity contribution in [2.45, 2.75) is 80.8 Å². The molecule has 2 atom stereocenters. The second kappa shape index (κ2) is 8.99. The first kappa shape index (κ1) is 25.5. The van der Waals surface area contributed by atoms with Gasteiger partial charge in [-0.15, -0.1) is 9.24 Å². The van der Waals surface area contributed by atoms with E-state index < -0.39 is 5.16 Å². The van der Waals surface area contributed by atoms with Gasteiger partial charge < -0.3 is 0 Å². The van der Waals surface area contributed by atoms with E-state index in [1.165, 1.54) is 0 Å². The summed E-state index contributed by atoms with van der Waals surface area (Å²) in [6.07, 6.45) is 0.766. The number of carbonyl (C=O) groups is 2. The highest BCUT2D eigenvalue weighted by molar-refractivity contribution is 7.23. The average molecular weight is 439 g/mol. The molecular formula is C28H39O2P. The molecule has 0 N–H and O–H groups in total. The van der Waals surface area contributed by atoms with E-state index in [-0.39, 0.29) is 22.9 Å². The highest BCUT2D eigenvalue weighted by atomic mass is 31.0. The number of hydrogen-bond acceptors (Lipinski definition) is 2. The standard InChI is InChI=1S/C28H39O2P/c1-16-11-18(3)23(19(4)12-16)25(29)28(31,22(7)15-27(8,9)10)26(30)24-20(5)13-17(2)14-21(24)6/h11-14,22H,15,31H2,1-10H3. The molecule has 2 aromatic rings. The lowest BCUT2D eigenvalue weighted by Crippen LogP contribution is -2.48. The summed E-state index contributed by atoms with van der Waals surface area (Å²) < 4.78 is 0. The van der Waals surface area contributed by atoms with Gasteiger partial charge in [0.05, 0.1) is 0 Å². The zero-order valence-electron chi connectivity index (χ0n) is 21.0. The molecule has 0 fully saturated rings. The van der Waals surface area contributed by atoms with E-state index in [2.05, 4.69) is 30.0 Å². The predicted octanol–water partition coefficient (Wildman–Crippen LogP) is 7.29. The minimum absolute atomic E-state index is 0.00345. The van der Waals surface area contributed by atoms with Crippen LogP contribution in [0.5, 0.6) is 0 Å². The summed E-state index contributed by atoms with van der Waals surface area (Å²) in [6, 6.07) is 8.14. The summed E-state index contributed by atoms with van der Waals surface area (Å²) in [4.78, 5) is 28.4. The molecule has 0 saturated heterocycles. The molecule has 2 unspecified atom stereocenters. The van der Waals surface area contributed by atoms with Crippen LogP contribution in [0.15, 0.2) is 24.3 Å². The molecule has 2 rings (SSSR count). The lowest BCUT2D eigenvalue weighted by molar-refractivity contribution is 0.0774. The van der Waals surface area contributed by atoms with Gasteiger partial charge in [0.2, 0.25) is 0 Å². The summed E-state index contributed by atoms with van der Waals surface area (Å²) in [5.74, 6) is -0.319. The Hall–Kier alpha value is -1.79. The zero-order valence-corrected chi connectivity index (χ0v) is 22.1. The van der Waals surface area contributed by atoms with Crippen molar-refractivity contribution >= 4 is 20.8 Å². The van der Waals surface area contributed by atoms with Crippen LogP contribution in [0.1, 0.15) is 88.2 Å². The van der Waals surface area contributed by atoms with Crippen molar-refractivity contribution in [2.24, 2.45) is 11.3 Å². The van der Waals surface area contributed by atoms with Crippen molar-refractivity contribution in [3.05, 3.63) is 68.8 Å². The summed E-state index contributed by atoms with van der Waals surface area (Å²) in [5.41, 5.74) is 7.33. The topological polar surface area (TPSA) is 34.1 Å². The Morgan fingerprint density at radius 1 is 0.742 bits per heavy atom. The van der Waals surface area contributed by atoms with Crippen LogP contribution in [0.2, 0.25) is 0 Å². The second-order valence-electron chi connectivity index (χ2n) is 10.7. The van der Waals surface area contributed by atoms with Crippen molar-refractivity contribution in [2.75, 3.05) is 0 Å². The van der Waals surface area contributed by atoms with Crippen molar-refractivity contribution in [3.8, 4) is 0 Å². The van der Waals surface area contributed by atoms with Crippen LogP contribution in [0.4, 0.5) is 0 Å². The van der Waals surface area contributed by atoms with Gasteiger partial charge in [0.1, 0.15) is 5.16 Å². The van der Waals surface area contributed by atoms with E-state index in [9.17, 15) is 9.59 Å². The number of carbonyl (C=O) groups excluding carboxylic acids is 2. The largest absolute Gasteiger partial charge is 0.293 e. The van der Waals surface area contributed by atoms with Crippen LogP contribution >= 0.6 is 9.24 Å². The molecule has 0 radical (unpaired) electrons. The van der Waals surface area contributed by atoms with Crippen LogP contribution in [-0.4, -0.2) is 16.7 Å². The fraction of sp³-hybridized carbons (Fsp3) is 0.500. The molecule has 2 aromatic carbocycles. The van der Waals surface area contributed by atoms with Crippen molar-refractivity contribution in [3.63, 3.8) is 0 Å². The lowest BCUT2D eigenvalue weighted by Gasteiger charge is -2.37. The molecule has 0 aliphatic heterocycles. The first-order chi connectivity index (χ1) is 14.1. The van der Waals surface area contributed by atoms with E-state index in [0.717, 1.165) is 39.8 Å². The van der Waals surface area contributed by atoms with Crippen LogP contribution in [0.3, 0.4) is 0 Å². The normalized spacial score (nSPS) is 13.3. The maximum Gasteiger partial charge on any atom is 0.181 e. The van der Waals surface area contributed by atoms with E-state index in [1.807, 2.05) is 72.7 Å². The molecule has 3 heteroatoms. The van der Waals surface area contributed by atoms with E-state index >= 15 is 0 Å². The monoisotopic (exact) mass is 438 g/mol. The van der Waals surface area contributed by atoms with Gasteiger partial charge in [-0.05, 0) is 81.5 Å². The summed E-state index contributed by atoms with van der Waals surface area (Å²) in [6.45, 7) is 20.5. The highest BCUT2D eigenvalue weighted by Crippen LogP contribution is 2.43. The Morgan fingerprint density at radius 3 is 1.29 bits per heavy atom. The first-order valence-electron chi connectivity index (χ1n) is 11.1. The van der Waals surface area contributed by atoms with Crippen LogP contribution in [0, 0.1) is 52.9 Å². The Labute approximate surface area is 191 Å². The Morgan fingerprint density at radius 2 is 1.03 bits per heavy atom. The third-order valence-corrected chi connectivity index (χ3v) is 7.35. The molecule has 2 nitrogen and oxygen atoms in total. The van der Waals surface area contributed by atoms with Gasteiger partial charge in [-0.1, -0.05) is 63.1 Å². The van der Waals surface area contributed by atoms with Crippen molar-refractivity contribution in [1.29, 1.82) is 0 Å². The predicted molar refractivity (Wildman–Crippen MR) is 136 cm³/mol. The minimum Gasteiger partial charge on any atom is -0.293 e. The van der Waals surface area contributed by atoms with Gasteiger partial charge in [-0.2, -0.15) is 0 Å². The molecule has 0 aliphatic rings. The SMILES string of the molecule is Cc1cc(C)c(C(=O)C(P)(C(=O)c2c(C)cc(C)cc2C)C(C)CC(C)(C)C)c(C)c1. The number of benzene rings is 2. The molecule has 168 valence electrons. The Kier molecular flexibility index (Phi) is 7.38. The van der Waals surface area contributed by atoms with Gasteiger partial charge in [0.25, 0.3) is 0 Å². The smallest absolute Gasteiger partial charge is 0.181 e. The molecule has 0 heterocycles. The van der Waals surface area contributed by atoms with Crippen molar-refractivity contribution in [1.82, 2.24) is 0 Å². The summed E-state index contributed by atoms with van der Waals surface area (Å²) in [5, 5.41) is -1.22. The summed E-state index contributed by atoms with van der Waals surface area (Å²) in [7, 11) is 2.73. The Balaban J connectivity index is 2.77. The van der Waals surface area contributed by atoms with Gasteiger partial charge in [-0.3, -0.25) is 9.59 Å². The van der Waals surface area contributed by atoms with Gasteiger partial charge in [-0.25, -0.2) is 0 Å². The van der Waals surface area contributed by atoms with Crippen molar-refractivity contribution < 1.29 is 9.59 Å². The molecule has 0 spiro atoms. The molecule has 0 amide bonds. The van der Waals surface area contributed by atoms with Crippen LogP contribution in [0.25, 0.3) is 0 Å². The van der Waals surface area contributed by atoms with Gasteiger partial charge in [0, 0.05) is 11.1 Å². The quantitative estimate of drug-likeness (QED) is 0.270. The Bertz CT molecular complexity index is 908. The third-order valence-electron chi connectivity index (χ3n) is 6.26. The first-order valence-corrected chi connectivity index (χ1v) is 11.7. The molecule has 0 aliphatic carbocycles. The minimum atomic E-state index is -1.22. The zero-order chi connectivity index (χ0) is 23.9. The molecule has 0 saturated carbocycles. The number of ketones is 2. The number of rotatable bonds is 6. The second-order valence-corrected chi connectivity index (χ2v) is 11.7. The molecule has 0 bridgehead atoms. The van der Waals surface area contributed by atoms with Crippen LogP contribution in [-0.2, 0) is 0 Å². The molecular weight excluding hydrogens is 399 g/mol. The summed E-state index contributed by atoms with van der Waals surface area (Å²) >= 11 is 0. The van der Waals surface area contributed by atoms with E-state index in [0.29, 0.717) is 11.1 Å². The fourth-order valence-electron chi connectivity index (χ4n) is 5.12. The van der Waals surface area contributed by atoms with Crippen LogP contribution < -0.4 is 0 Å². The molecule has 31 heavy (non-hydrogen) atoms.